The lowest BCUT2D eigenvalue weighted by Gasteiger charge is -2.27. The summed E-state index contributed by atoms with van der Waals surface area (Å²) in [7, 11) is 5.46. The Bertz CT molecular complexity index is 991. The lowest BCUT2D eigenvalue weighted by molar-refractivity contribution is 0.0740. The van der Waals surface area contributed by atoms with Crippen LogP contribution in [0.5, 0.6) is 5.75 Å². The number of urea groups is 1. The Balaban J connectivity index is 1.39. The molecule has 8 heteroatoms. The topological polar surface area (TPSA) is 65.1 Å². The number of benzene rings is 1. The van der Waals surface area contributed by atoms with E-state index < -0.39 is 0 Å². The fourth-order valence-corrected chi connectivity index (χ4v) is 5.66. The summed E-state index contributed by atoms with van der Waals surface area (Å²) in [5.41, 5.74) is 2.23. The van der Waals surface area contributed by atoms with Crippen molar-refractivity contribution in [2.45, 2.75) is 31.8 Å². The molecule has 1 N–H and O–H groups in total. The highest BCUT2D eigenvalue weighted by Gasteiger charge is 2.35. The molecule has 2 aliphatic rings. The minimum atomic E-state index is 0.0168. The van der Waals surface area contributed by atoms with Gasteiger partial charge in [-0.3, -0.25) is 4.79 Å². The van der Waals surface area contributed by atoms with Crippen LogP contribution in [0.4, 0.5) is 4.79 Å². The number of nitrogens with one attached hydrogen (secondary N) is 1. The molecule has 1 aromatic heterocycles. The van der Waals surface area contributed by atoms with Gasteiger partial charge in [0.2, 0.25) is 0 Å². The maximum Gasteiger partial charge on any atom is 0.320 e. The van der Waals surface area contributed by atoms with Gasteiger partial charge >= 0.3 is 6.03 Å². The highest BCUT2D eigenvalue weighted by Crippen LogP contribution is 2.33. The number of hydrogen-bond donors (Lipinski definition) is 1. The van der Waals surface area contributed by atoms with E-state index in [2.05, 4.69) is 12.2 Å². The van der Waals surface area contributed by atoms with E-state index in [9.17, 15) is 9.59 Å². The average Bonchev–Trinajstić information content (AvgIpc) is 3.57. The molecule has 4 rings (SSSR count). The van der Waals surface area contributed by atoms with Crippen LogP contribution in [-0.4, -0.2) is 86.1 Å². The number of rotatable bonds is 5. The molecule has 172 valence electrons. The Labute approximate surface area is 193 Å². The SMILES string of the molecule is CNC1CCN(C(=O)N2CCC(N(C)C(=O)c3ccc(-c4ccc(OC)cc4C)s3)C2)C1. The number of hydrogen-bond acceptors (Lipinski definition) is 5. The van der Waals surface area contributed by atoms with Gasteiger partial charge in [0.05, 0.1) is 18.0 Å². The van der Waals surface area contributed by atoms with Gasteiger partial charge < -0.3 is 24.8 Å². The molecule has 0 saturated carbocycles. The largest absolute Gasteiger partial charge is 0.497 e. The number of carbonyl (C=O) groups excluding carboxylic acids is 2. The zero-order chi connectivity index (χ0) is 22.8. The standard InChI is InChI=1S/C24H32N4O3S/c1-16-13-19(31-4)5-6-20(16)21-7-8-22(32-21)23(29)26(3)18-10-12-28(15-18)24(30)27-11-9-17(14-27)25-2/h5-8,13,17-18,25H,9-12,14-15H2,1-4H3. The van der Waals surface area contributed by atoms with E-state index in [1.807, 2.05) is 59.1 Å². The van der Waals surface area contributed by atoms with Crippen LogP contribution >= 0.6 is 11.3 Å². The van der Waals surface area contributed by atoms with Gasteiger partial charge in [-0.1, -0.05) is 0 Å². The van der Waals surface area contributed by atoms with Gasteiger partial charge in [-0.2, -0.15) is 0 Å². The molecule has 2 atom stereocenters. The molecule has 0 radical (unpaired) electrons. The molecule has 1 aromatic carbocycles. The number of methoxy groups -OCH3 is 1. The molecule has 0 spiro atoms. The normalized spacial score (nSPS) is 20.6. The summed E-state index contributed by atoms with van der Waals surface area (Å²) < 4.78 is 5.30. The predicted molar refractivity (Wildman–Crippen MR) is 128 cm³/mol. The summed E-state index contributed by atoms with van der Waals surface area (Å²) in [5.74, 6) is 0.845. The van der Waals surface area contributed by atoms with E-state index in [1.54, 1.807) is 7.11 Å². The van der Waals surface area contributed by atoms with Crippen molar-refractivity contribution in [1.82, 2.24) is 20.0 Å². The number of thiophene rings is 1. The van der Waals surface area contributed by atoms with Crippen LogP contribution < -0.4 is 10.1 Å². The summed E-state index contributed by atoms with van der Waals surface area (Å²) in [6, 6.07) is 10.4. The van der Waals surface area contributed by atoms with Gasteiger partial charge in [-0.25, -0.2) is 4.79 Å². The summed E-state index contributed by atoms with van der Waals surface area (Å²) >= 11 is 1.51. The van der Waals surface area contributed by atoms with Crippen molar-refractivity contribution >= 4 is 23.3 Å². The van der Waals surface area contributed by atoms with Gasteiger partial charge in [-0.05, 0) is 68.3 Å². The van der Waals surface area contributed by atoms with Crippen LogP contribution in [0, 0.1) is 6.92 Å². The number of ether oxygens (including phenoxy) is 1. The molecule has 7 nitrogen and oxygen atoms in total. The van der Waals surface area contributed by atoms with Gasteiger partial charge in [-0.15, -0.1) is 11.3 Å². The Morgan fingerprint density at radius 3 is 2.56 bits per heavy atom. The van der Waals surface area contributed by atoms with E-state index in [0.717, 1.165) is 52.6 Å². The third-order valence-corrected chi connectivity index (χ3v) is 7.79. The van der Waals surface area contributed by atoms with Crippen molar-refractivity contribution in [2.75, 3.05) is 47.4 Å². The molecule has 2 fully saturated rings. The highest BCUT2D eigenvalue weighted by atomic mass is 32.1. The van der Waals surface area contributed by atoms with Crippen LogP contribution in [0.1, 0.15) is 28.1 Å². The fourth-order valence-electron chi connectivity index (χ4n) is 4.58. The predicted octanol–water partition coefficient (Wildman–Crippen LogP) is 3.29. The summed E-state index contributed by atoms with van der Waals surface area (Å²) in [4.78, 5) is 33.5. The Morgan fingerprint density at radius 2 is 1.88 bits per heavy atom. The smallest absolute Gasteiger partial charge is 0.320 e. The minimum Gasteiger partial charge on any atom is -0.497 e. The Kier molecular flexibility index (Phi) is 6.71. The molecule has 3 amide bonds. The van der Waals surface area contributed by atoms with Crippen molar-refractivity contribution in [1.29, 1.82) is 0 Å². The van der Waals surface area contributed by atoms with Gasteiger partial charge in [0.1, 0.15) is 5.75 Å². The Morgan fingerprint density at radius 1 is 1.12 bits per heavy atom. The number of aryl methyl sites for hydroxylation is 1. The van der Waals surface area contributed by atoms with Crippen molar-refractivity contribution in [2.24, 2.45) is 0 Å². The average molecular weight is 457 g/mol. The fraction of sp³-hybridized carbons (Fsp3) is 0.500. The molecule has 2 aliphatic heterocycles. The van der Waals surface area contributed by atoms with Crippen molar-refractivity contribution in [3.05, 3.63) is 40.8 Å². The molecular weight excluding hydrogens is 424 g/mol. The van der Waals surface area contributed by atoms with E-state index in [0.29, 0.717) is 19.1 Å². The molecule has 2 unspecified atom stereocenters. The first-order valence-corrected chi connectivity index (χ1v) is 12.0. The zero-order valence-corrected chi connectivity index (χ0v) is 20.1. The second kappa shape index (κ2) is 9.50. The number of nitrogens with zero attached hydrogens (tertiary/aromatic N) is 3. The monoisotopic (exact) mass is 456 g/mol. The Hall–Kier alpha value is -2.58. The van der Waals surface area contributed by atoms with Crippen LogP contribution in [0.15, 0.2) is 30.3 Å². The van der Waals surface area contributed by atoms with E-state index in [4.69, 9.17) is 4.74 Å². The van der Waals surface area contributed by atoms with Crippen molar-refractivity contribution < 1.29 is 14.3 Å². The van der Waals surface area contributed by atoms with Crippen LogP contribution in [0.25, 0.3) is 10.4 Å². The second-order valence-electron chi connectivity index (χ2n) is 8.65. The quantitative estimate of drug-likeness (QED) is 0.750. The summed E-state index contributed by atoms with van der Waals surface area (Å²) in [6.45, 7) is 4.89. The third kappa shape index (κ3) is 4.47. The molecule has 3 heterocycles. The number of carbonyl (C=O) groups is 2. The molecule has 2 aromatic rings. The lowest BCUT2D eigenvalue weighted by atomic mass is 10.1. The lowest BCUT2D eigenvalue weighted by Crippen LogP contribution is -2.44. The van der Waals surface area contributed by atoms with Crippen molar-refractivity contribution in [3.8, 4) is 16.2 Å². The van der Waals surface area contributed by atoms with E-state index >= 15 is 0 Å². The van der Waals surface area contributed by atoms with Crippen LogP contribution in [0.2, 0.25) is 0 Å². The molecular formula is C24H32N4O3S. The maximum absolute atomic E-state index is 13.2. The first kappa shape index (κ1) is 22.6. The van der Waals surface area contributed by atoms with Crippen LogP contribution in [0.3, 0.4) is 0 Å². The maximum atomic E-state index is 13.2. The summed E-state index contributed by atoms with van der Waals surface area (Å²) in [5, 5.41) is 3.25. The molecule has 2 saturated heterocycles. The van der Waals surface area contributed by atoms with Gasteiger partial charge in [0.25, 0.3) is 5.91 Å². The first-order valence-electron chi connectivity index (χ1n) is 11.1. The molecule has 0 aliphatic carbocycles. The number of amides is 3. The van der Waals surface area contributed by atoms with Crippen molar-refractivity contribution in [3.63, 3.8) is 0 Å². The zero-order valence-electron chi connectivity index (χ0n) is 19.3. The summed E-state index contributed by atoms with van der Waals surface area (Å²) in [6.07, 6.45) is 1.80. The molecule has 0 bridgehead atoms. The van der Waals surface area contributed by atoms with E-state index in [-0.39, 0.29) is 18.0 Å². The van der Waals surface area contributed by atoms with Crippen LogP contribution in [-0.2, 0) is 0 Å². The van der Waals surface area contributed by atoms with Gasteiger partial charge in [0.15, 0.2) is 0 Å². The third-order valence-electron chi connectivity index (χ3n) is 6.68. The number of likely N-dealkylation sites (tertiary alicyclic amines) is 2. The highest BCUT2D eigenvalue weighted by molar-refractivity contribution is 7.17. The van der Waals surface area contributed by atoms with E-state index in [1.165, 1.54) is 11.3 Å². The number of likely N-dealkylation sites (N-methyl/N-ethyl adjacent to an activating group) is 2. The second-order valence-corrected chi connectivity index (χ2v) is 9.74. The molecule has 32 heavy (non-hydrogen) atoms. The first-order chi connectivity index (χ1) is 15.4. The minimum absolute atomic E-state index is 0.0168. The van der Waals surface area contributed by atoms with Gasteiger partial charge in [0, 0.05) is 44.1 Å².